The van der Waals surface area contributed by atoms with Crippen molar-refractivity contribution in [2.24, 2.45) is 12.1 Å². The molecule has 0 saturated carbocycles. The molecule has 0 atom stereocenters. The molecule has 1 N–H and O–H groups in total. The number of anilines is 1. The van der Waals surface area contributed by atoms with E-state index >= 15 is 0 Å². The maximum absolute atomic E-state index is 12.9. The van der Waals surface area contributed by atoms with E-state index in [1.807, 2.05) is 6.07 Å². The first-order valence-electron chi connectivity index (χ1n) is 7.37. The van der Waals surface area contributed by atoms with E-state index in [0.717, 1.165) is 6.21 Å². The van der Waals surface area contributed by atoms with Crippen molar-refractivity contribution in [2.45, 2.75) is 13.1 Å². The lowest BCUT2D eigenvalue weighted by Gasteiger charge is -2.09. The van der Waals surface area contributed by atoms with Crippen molar-refractivity contribution in [3.05, 3.63) is 60.9 Å². The fourth-order valence-corrected chi connectivity index (χ4v) is 2.31. The zero-order chi connectivity index (χ0) is 21.2. The molecule has 2 rings (SSSR count). The van der Waals surface area contributed by atoms with Crippen molar-refractivity contribution in [3.63, 3.8) is 0 Å². The van der Waals surface area contributed by atoms with Gasteiger partial charge in [-0.25, -0.2) is 0 Å². The topological polar surface area (TPSA) is 139 Å². The molecule has 1 heterocycles. The third-order valence-electron chi connectivity index (χ3n) is 3.89. The fraction of sp³-hybridized carbons (Fsp3) is 0.200. The van der Waals surface area contributed by atoms with E-state index in [-0.39, 0.29) is 12.1 Å². The summed E-state index contributed by atoms with van der Waals surface area (Å²) >= 11 is 0. The fourth-order valence-electron chi connectivity index (χ4n) is 2.31. The van der Waals surface area contributed by atoms with Gasteiger partial charge in [-0.15, -0.1) is 0 Å². The van der Waals surface area contributed by atoms with Crippen LogP contribution in [-0.4, -0.2) is 20.6 Å². The number of nitro groups is 2. The molecule has 0 aliphatic carbocycles. The van der Waals surface area contributed by atoms with E-state index < -0.39 is 38.6 Å². The summed E-state index contributed by atoms with van der Waals surface area (Å²) in [6.45, 7) is 1.66. The summed E-state index contributed by atoms with van der Waals surface area (Å²) < 4.78 is 40.2. The normalized spacial score (nSPS) is 11.4. The number of rotatable bonds is 5. The second-order valence-corrected chi connectivity index (χ2v) is 5.51. The first-order valence-corrected chi connectivity index (χ1v) is 7.37. The van der Waals surface area contributed by atoms with Gasteiger partial charge in [0, 0.05) is 30.4 Å². The van der Waals surface area contributed by atoms with Crippen LogP contribution in [-0.2, 0) is 13.2 Å². The third-order valence-corrected chi connectivity index (χ3v) is 3.89. The molecule has 0 amide bonds. The Morgan fingerprint density at radius 2 is 1.75 bits per heavy atom. The van der Waals surface area contributed by atoms with Gasteiger partial charge < -0.3 is 4.57 Å². The Hall–Kier alpha value is -3.95. The summed E-state index contributed by atoms with van der Waals surface area (Å²) in [6, 6.07) is 3.76. The van der Waals surface area contributed by atoms with E-state index in [0.29, 0.717) is 17.0 Å². The Morgan fingerprint density at radius 1 is 1.21 bits per heavy atom. The quantitative estimate of drug-likeness (QED) is 0.466. The number of benzene rings is 1. The van der Waals surface area contributed by atoms with Crippen molar-refractivity contribution in [3.8, 4) is 6.07 Å². The summed E-state index contributed by atoms with van der Waals surface area (Å²) in [5.41, 5.74) is -1.22. The minimum Gasteiger partial charge on any atom is -0.339 e. The molecule has 2 aromatic rings. The minimum atomic E-state index is -5.01. The number of alkyl halides is 3. The highest BCUT2D eigenvalue weighted by Crippen LogP contribution is 2.41. The second kappa shape index (κ2) is 7.35. The van der Waals surface area contributed by atoms with Crippen LogP contribution in [0.2, 0.25) is 0 Å². The average Bonchev–Trinajstić information content (AvgIpc) is 2.88. The molecular weight excluding hydrogens is 385 g/mol. The molecule has 0 radical (unpaired) electrons. The van der Waals surface area contributed by atoms with Crippen molar-refractivity contribution < 1.29 is 23.0 Å². The number of aromatic nitrogens is 1. The highest BCUT2D eigenvalue weighted by molar-refractivity contribution is 5.84. The predicted octanol–water partition coefficient (Wildman–Crippen LogP) is 3.49. The van der Waals surface area contributed by atoms with Gasteiger partial charge in [0.05, 0.1) is 21.6 Å². The summed E-state index contributed by atoms with van der Waals surface area (Å²) in [4.78, 5) is 19.9. The number of hydrogen-bond acceptors (Lipinski definition) is 7. The zero-order valence-corrected chi connectivity index (χ0v) is 14.3. The van der Waals surface area contributed by atoms with Crippen molar-refractivity contribution in [2.75, 3.05) is 5.43 Å². The summed E-state index contributed by atoms with van der Waals surface area (Å²) in [6.07, 6.45) is -3.87. The SMILES string of the molecule is Cc1c(/C=N\Nc2c([N+](=O)[O-])cc(C(F)(F)F)cc2[N+](=O)[O-])cc(C#N)n1C. The number of hydrazone groups is 1. The van der Waals surface area contributed by atoms with E-state index in [2.05, 4.69) is 10.5 Å². The molecule has 0 aliphatic heterocycles. The van der Waals surface area contributed by atoms with Gasteiger partial charge in [-0.1, -0.05) is 0 Å². The molecule has 1 aromatic carbocycles. The van der Waals surface area contributed by atoms with Crippen LogP contribution in [0.25, 0.3) is 0 Å². The maximum Gasteiger partial charge on any atom is 0.416 e. The number of halogens is 3. The number of hydrogen-bond donors (Lipinski definition) is 1. The van der Waals surface area contributed by atoms with Crippen LogP contribution in [0.1, 0.15) is 22.5 Å². The standard InChI is InChI=1S/C15H11F3N6O4/c1-8-9(3-11(6-19)22(8)2)7-20-21-14-12(23(25)26)4-10(15(16,17)18)5-13(14)24(27)28/h3-5,7,21H,1-2H3/b20-7-. The first kappa shape index (κ1) is 20.4. The van der Waals surface area contributed by atoms with E-state index in [4.69, 9.17) is 5.26 Å². The molecule has 13 heteroatoms. The molecule has 0 spiro atoms. The Balaban J connectivity index is 2.51. The van der Waals surface area contributed by atoms with E-state index in [1.165, 1.54) is 6.07 Å². The first-order chi connectivity index (χ1) is 13.0. The molecule has 1 aromatic heterocycles. The number of nitro benzene ring substituents is 2. The van der Waals surface area contributed by atoms with Crippen LogP contribution in [0.15, 0.2) is 23.3 Å². The van der Waals surface area contributed by atoms with Crippen LogP contribution in [0.3, 0.4) is 0 Å². The van der Waals surface area contributed by atoms with Crippen molar-refractivity contribution >= 4 is 23.3 Å². The molecule has 0 bridgehead atoms. The Kier molecular flexibility index (Phi) is 5.34. The van der Waals surface area contributed by atoms with Gasteiger partial charge in [-0.05, 0) is 13.0 Å². The lowest BCUT2D eigenvalue weighted by molar-refractivity contribution is -0.392. The van der Waals surface area contributed by atoms with Gasteiger partial charge in [-0.3, -0.25) is 25.7 Å². The van der Waals surface area contributed by atoms with Gasteiger partial charge in [0.25, 0.3) is 0 Å². The molecule has 0 unspecified atom stereocenters. The van der Waals surface area contributed by atoms with Gasteiger partial charge in [0.1, 0.15) is 11.8 Å². The van der Waals surface area contributed by atoms with Crippen LogP contribution < -0.4 is 5.43 Å². The predicted molar refractivity (Wildman–Crippen MR) is 90.8 cm³/mol. The van der Waals surface area contributed by atoms with E-state index in [9.17, 15) is 33.4 Å². The molecule has 0 saturated heterocycles. The molecule has 28 heavy (non-hydrogen) atoms. The minimum absolute atomic E-state index is 0.187. The average molecular weight is 396 g/mol. The summed E-state index contributed by atoms with van der Waals surface area (Å²) in [5, 5.41) is 34.9. The van der Waals surface area contributed by atoms with Crippen LogP contribution >= 0.6 is 0 Å². The smallest absolute Gasteiger partial charge is 0.339 e. The monoisotopic (exact) mass is 396 g/mol. The summed E-state index contributed by atoms with van der Waals surface area (Å²) in [7, 11) is 1.62. The number of nitrogens with one attached hydrogen (secondary N) is 1. The lowest BCUT2D eigenvalue weighted by atomic mass is 10.1. The van der Waals surface area contributed by atoms with Crippen LogP contribution in [0.5, 0.6) is 0 Å². The van der Waals surface area contributed by atoms with E-state index in [1.54, 1.807) is 18.5 Å². The van der Waals surface area contributed by atoms with Crippen LogP contribution in [0.4, 0.5) is 30.2 Å². The van der Waals surface area contributed by atoms with Crippen LogP contribution in [0, 0.1) is 38.5 Å². The van der Waals surface area contributed by atoms with Crippen molar-refractivity contribution in [1.82, 2.24) is 4.57 Å². The molecular formula is C15H11F3N6O4. The van der Waals surface area contributed by atoms with Gasteiger partial charge in [0.15, 0.2) is 0 Å². The Morgan fingerprint density at radius 3 is 2.14 bits per heavy atom. The van der Waals surface area contributed by atoms with Gasteiger partial charge in [-0.2, -0.15) is 23.5 Å². The summed E-state index contributed by atoms with van der Waals surface area (Å²) in [5.74, 6) is 0. The van der Waals surface area contributed by atoms with Gasteiger partial charge >= 0.3 is 17.6 Å². The molecule has 0 fully saturated rings. The highest BCUT2D eigenvalue weighted by atomic mass is 19.4. The van der Waals surface area contributed by atoms with Gasteiger partial charge in [0.2, 0.25) is 5.69 Å². The largest absolute Gasteiger partial charge is 0.416 e. The molecule has 146 valence electrons. The lowest BCUT2D eigenvalue weighted by Crippen LogP contribution is -2.09. The maximum atomic E-state index is 12.9. The molecule has 0 aliphatic rings. The second-order valence-electron chi connectivity index (χ2n) is 5.51. The third kappa shape index (κ3) is 3.90. The highest BCUT2D eigenvalue weighted by Gasteiger charge is 2.37. The molecule has 10 nitrogen and oxygen atoms in total. The number of nitrogens with zero attached hydrogens (tertiary/aromatic N) is 5. The zero-order valence-electron chi connectivity index (χ0n) is 14.3. The van der Waals surface area contributed by atoms with Crippen molar-refractivity contribution in [1.29, 1.82) is 5.26 Å². The number of nitriles is 1. The Bertz CT molecular complexity index is 1000. The Labute approximate surface area is 154 Å².